The predicted molar refractivity (Wildman–Crippen MR) is 124 cm³/mol. The number of halogens is 2. The lowest BCUT2D eigenvalue weighted by molar-refractivity contribution is -0.0831. The molecule has 2 aromatic carbocycles. The van der Waals surface area contributed by atoms with Gasteiger partial charge in [-0.15, -0.1) is 0 Å². The number of rotatable bonds is 13. The number of aliphatic hydroxyl groups is 2. The first-order valence-electron chi connectivity index (χ1n) is 11.6. The summed E-state index contributed by atoms with van der Waals surface area (Å²) in [6.45, 7) is 0.827. The van der Waals surface area contributed by atoms with Crippen molar-refractivity contribution in [3.05, 3.63) is 59.2 Å². The molecule has 1 aliphatic heterocycles. The van der Waals surface area contributed by atoms with Crippen molar-refractivity contribution in [1.29, 1.82) is 0 Å². The van der Waals surface area contributed by atoms with Crippen molar-refractivity contribution in [2.75, 3.05) is 31.6 Å². The lowest BCUT2D eigenvalue weighted by atomic mass is 9.93. The number of fused-ring (bicyclic) bond motifs is 1. The molecule has 0 saturated heterocycles. The number of unbranched alkanes of at least 4 members (excludes halogenated alkanes) is 3. The SMILES string of the molecule is Oc1ccc([C@@H](O)CNCCCCCCOCC(F)(F)c2ccccc2)c2c1NC(O)CC2. The van der Waals surface area contributed by atoms with Crippen LogP contribution >= 0.6 is 0 Å². The van der Waals surface area contributed by atoms with Gasteiger partial charge in [0.25, 0.3) is 5.92 Å². The van der Waals surface area contributed by atoms with E-state index in [1.165, 1.54) is 18.2 Å². The third kappa shape index (κ3) is 7.37. The monoisotopic (exact) mass is 464 g/mol. The molecule has 0 aromatic heterocycles. The highest BCUT2D eigenvalue weighted by molar-refractivity contribution is 5.66. The first kappa shape index (κ1) is 25.4. The Morgan fingerprint density at radius 1 is 1.09 bits per heavy atom. The first-order chi connectivity index (χ1) is 15.9. The lowest BCUT2D eigenvalue weighted by Crippen LogP contribution is -2.28. The lowest BCUT2D eigenvalue weighted by Gasteiger charge is -2.27. The smallest absolute Gasteiger partial charge is 0.296 e. The van der Waals surface area contributed by atoms with Crippen molar-refractivity contribution >= 4 is 5.69 Å². The molecular formula is C25H34F2N2O4. The molecule has 0 spiro atoms. The van der Waals surface area contributed by atoms with E-state index in [4.69, 9.17) is 4.74 Å². The topological polar surface area (TPSA) is 94.0 Å². The summed E-state index contributed by atoms with van der Waals surface area (Å²) in [5.74, 6) is -2.90. The molecule has 2 aromatic rings. The van der Waals surface area contributed by atoms with Gasteiger partial charge >= 0.3 is 0 Å². The Labute approximate surface area is 193 Å². The van der Waals surface area contributed by atoms with Crippen molar-refractivity contribution in [2.45, 2.75) is 56.8 Å². The minimum absolute atomic E-state index is 0.0278. The number of aliphatic hydroxyl groups excluding tert-OH is 2. The summed E-state index contributed by atoms with van der Waals surface area (Å²) in [4.78, 5) is 0. The second kappa shape index (κ2) is 12.3. The number of ether oxygens (including phenoxy) is 1. The molecule has 0 bridgehead atoms. The first-order valence-corrected chi connectivity index (χ1v) is 11.6. The molecule has 2 atom stereocenters. The van der Waals surface area contributed by atoms with Crippen LogP contribution in [-0.2, 0) is 17.1 Å². The van der Waals surface area contributed by atoms with Gasteiger partial charge in [-0.1, -0.05) is 49.2 Å². The maximum atomic E-state index is 14.0. The fourth-order valence-corrected chi connectivity index (χ4v) is 4.04. The van der Waals surface area contributed by atoms with Crippen molar-refractivity contribution in [3.63, 3.8) is 0 Å². The van der Waals surface area contributed by atoms with E-state index in [9.17, 15) is 24.1 Å². The highest BCUT2D eigenvalue weighted by Gasteiger charge is 2.31. The molecule has 1 unspecified atom stereocenters. The van der Waals surface area contributed by atoms with Gasteiger partial charge in [0.05, 0.1) is 11.8 Å². The van der Waals surface area contributed by atoms with Gasteiger partial charge < -0.3 is 30.7 Å². The number of phenolic OH excluding ortho intramolecular Hbond substituents is 1. The van der Waals surface area contributed by atoms with Crippen LogP contribution < -0.4 is 10.6 Å². The van der Waals surface area contributed by atoms with Crippen molar-refractivity contribution in [2.24, 2.45) is 0 Å². The van der Waals surface area contributed by atoms with E-state index in [1.807, 2.05) is 0 Å². The van der Waals surface area contributed by atoms with Crippen LogP contribution in [-0.4, -0.2) is 47.9 Å². The Kier molecular flexibility index (Phi) is 9.43. The predicted octanol–water partition coefficient (Wildman–Crippen LogP) is 4.06. The summed E-state index contributed by atoms with van der Waals surface area (Å²) < 4.78 is 33.2. The summed E-state index contributed by atoms with van der Waals surface area (Å²) in [6, 6.07) is 11.0. The molecule has 0 aliphatic carbocycles. The number of hydrogen-bond acceptors (Lipinski definition) is 6. The summed E-state index contributed by atoms with van der Waals surface area (Å²) in [5.41, 5.74) is 2.06. The van der Waals surface area contributed by atoms with Crippen LogP contribution in [0.5, 0.6) is 5.75 Å². The molecule has 0 radical (unpaired) electrons. The molecule has 0 amide bonds. The highest BCUT2D eigenvalue weighted by Crippen LogP contribution is 2.37. The fourth-order valence-electron chi connectivity index (χ4n) is 4.04. The molecule has 1 aliphatic rings. The minimum Gasteiger partial charge on any atom is -0.506 e. The Morgan fingerprint density at radius 2 is 1.85 bits per heavy atom. The number of anilines is 1. The number of alkyl halides is 2. The van der Waals surface area contributed by atoms with Crippen molar-refractivity contribution < 1.29 is 28.8 Å². The molecule has 3 rings (SSSR count). The van der Waals surface area contributed by atoms with E-state index >= 15 is 0 Å². The van der Waals surface area contributed by atoms with Crippen molar-refractivity contribution in [3.8, 4) is 5.75 Å². The third-order valence-electron chi connectivity index (χ3n) is 5.87. The summed E-state index contributed by atoms with van der Waals surface area (Å²) in [7, 11) is 0. The maximum absolute atomic E-state index is 14.0. The maximum Gasteiger partial charge on any atom is 0.296 e. The zero-order chi connectivity index (χ0) is 23.7. The molecule has 6 nitrogen and oxygen atoms in total. The summed E-state index contributed by atoms with van der Waals surface area (Å²) in [6.07, 6.45) is 3.18. The Morgan fingerprint density at radius 3 is 2.64 bits per heavy atom. The third-order valence-corrected chi connectivity index (χ3v) is 5.87. The number of aromatic hydroxyl groups is 1. The number of hydrogen-bond donors (Lipinski definition) is 5. The number of phenols is 1. The van der Waals surface area contributed by atoms with Gasteiger partial charge in [-0.05, 0) is 49.4 Å². The molecule has 0 fully saturated rings. The van der Waals surface area contributed by atoms with E-state index in [1.54, 1.807) is 24.3 Å². The van der Waals surface area contributed by atoms with Crippen LogP contribution in [0.2, 0.25) is 0 Å². The van der Waals surface area contributed by atoms with Gasteiger partial charge in [-0.2, -0.15) is 8.78 Å². The molecule has 8 heteroatoms. The van der Waals surface area contributed by atoms with E-state index < -0.39 is 24.9 Å². The molecule has 182 valence electrons. The Hall–Kier alpha value is -2.26. The average molecular weight is 465 g/mol. The van der Waals surface area contributed by atoms with Gasteiger partial charge in [-0.25, -0.2) is 0 Å². The fraction of sp³-hybridized carbons (Fsp3) is 0.520. The minimum atomic E-state index is -2.97. The molecule has 0 saturated carbocycles. The molecule has 5 N–H and O–H groups in total. The van der Waals surface area contributed by atoms with Crippen LogP contribution in [0.4, 0.5) is 14.5 Å². The van der Waals surface area contributed by atoms with Gasteiger partial charge in [0.1, 0.15) is 18.6 Å². The average Bonchev–Trinajstić information content (AvgIpc) is 2.81. The van der Waals surface area contributed by atoms with Crippen LogP contribution in [0.3, 0.4) is 0 Å². The number of benzene rings is 2. The van der Waals surface area contributed by atoms with Gasteiger partial charge in [0.15, 0.2) is 0 Å². The summed E-state index contributed by atoms with van der Waals surface area (Å²) >= 11 is 0. The van der Waals surface area contributed by atoms with E-state index in [0.29, 0.717) is 31.7 Å². The normalized spacial score (nSPS) is 16.8. The van der Waals surface area contributed by atoms with E-state index in [2.05, 4.69) is 10.6 Å². The van der Waals surface area contributed by atoms with Crippen LogP contribution in [0, 0.1) is 0 Å². The van der Waals surface area contributed by atoms with E-state index in [-0.39, 0.29) is 11.3 Å². The quantitative estimate of drug-likeness (QED) is 0.227. The van der Waals surface area contributed by atoms with Gasteiger partial charge in [0, 0.05) is 18.7 Å². The zero-order valence-electron chi connectivity index (χ0n) is 18.8. The second-order valence-corrected chi connectivity index (χ2v) is 8.48. The van der Waals surface area contributed by atoms with Gasteiger partial charge in [-0.3, -0.25) is 0 Å². The summed E-state index contributed by atoms with van der Waals surface area (Å²) in [5, 5.41) is 36.4. The largest absolute Gasteiger partial charge is 0.506 e. The second-order valence-electron chi connectivity index (χ2n) is 8.48. The Balaban J connectivity index is 1.26. The van der Waals surface area contributed by atoms with E-state index in [0.717, 1.165) is 43.4 Å². The highest BCUT2D eigenvalue weighted by atomic mass is 19.3. The van der Waals surface area contributed by atoms with Crippen LogP contribution in [0.15, 0.2) is 42.5 Å². The number of nitrogens with one attached hydrogen (secondary N) is 2. The molecular weight excluding hydrogens is 430 g/mol. The molecule has 33 heavy (non-hydrogen) atoms. The molecule has 1 heterocycles. The standard InChI is InChI=1S/C25H34F2N2O4/c26-25(27,18-8-4-3-5-9-18)17-33-15-7-2-1-6-14-28-16-22(31)19-10-12-21(30)24-20(19)11-13-23(32)29-24/h3-5,8-10,12,22-23,28-32H,1-2,6-7,11,13-17H2/t22-,23?/m0/s1. The zero-order valence-corrected chi connectivity index (χ0v) is 18.8. The Bertz CT molecular complexity index is 867. The van der Waals surface area contributed by atoms with Crippen LogP contribution in [0.25, 0.3) is 0 Å². The van der Waals surface area contributed by atoms with Crippen LogP contribution in [0.1, 0.15) is 54.9 Å². The van der Waals surface area contributed by atoms with Gasteiger partial charge in [0.2, 0.25) is 0 Å². The van der Waals surface area contributed by atoms with Crippen molar-refractivity contribution in [1.82, 2.24) is 5.32 Å².